The summed E-state index contributed by atoms with van der Waals surface area (Å²) in [4.78, 5) is 8.14. The predicted octanol–water partition coefficient (Wildman–Crippen LogP) is 0.594. The summed E-state index contributed by atoms with van der Waals surface area (Å²) in [5.74, 6) is 0.769. The molecule has 0 aromatic carbocycles. The monoisotopic (exact) mass is 146 g/mol. The van der Waals surface area contributed by atoms with Gasteiger partial charge in [-0.2, -0.15) is 0 Å². The zero-order chi connectivity index (χ0) is 7.52. The van der Waals surface area contributed by atoms with Crippen LogP contribution in [0.2, 0.25) is 0 Å². The molecule has 0 saturated carbocycles. The van der Waals surface area contributed by atoms with E-state index in [0.29, 0.717) is 0 Å². The van der Waals surface area contributed by atoms with Crippen LogP contribution in [-0.2, 0) is 0 Å². The maximum absolute atomic E-state index is 4.07. The van der Waals surface area contributed by atoms with Crippen molar-refractivity contribution in [3.05, 3.63) is 24.4 Å². The maximum Gasteiger partial charge on any atom is 0.433 e. The van der Waals surface area contributed by atoms with Gasteiger partial charge in [0.1, 0.15) is 12.4 Å². The molecule has 2 aliphatic rings. The molecule has 0 spiro atoms. The minimum atomic E-state index is 0.769. The van der Waals surface area contributed by atoms with Gasteiger partial charge >= 0.3 is 5.96 Å². The molecular weight excluding hydrogens is 138 g/mol. The first-order chi connectivity index (χ1) is 5.47. The lowest BCUT2D eigenvalue weighted by molar-refractivity contribution is -0.448. The first-order valence-corrected chi connectivity index (χ1v) is 3.50. The molecule has 54 valence electrons. The van der Waals surface area contributed by atoms with E-state index in [4.69, 9.17) is 0 Å². The van der Waals surface area contributed by atoms with Gasteiger partial charge in [0, 0.05) is 0 Å². The molecule has 11 heavy (non-hydrogen) atoms. The number of hydrogen-bond donors (Lipinski definition) is 0. The number of allylic oxidation sites excluding steroid dienone is 2. The SMILES string of the molecule is C1=CC[N+](=C2N=CC=N2)C=C1. The summed E-state index contributed by atoms with van der Waals surface area (Å²) in [7, 11) is 0. The fourth-order valence-electron chi connectivity index (χ4n) is 0.997. The highest BCUT2D eigenvalue weighted by Crippen LogP contribution is 1.96. The summed E-state index contributed by atoms with van der Waals surface area (Å²) >= 11 is 0. The van der Waals surface area contributed by atoms with Crippen molar-refractivity contribution in [2.24, 2.45) is 9.98 Å². The second-order valence-corrected chi connectivity index (χ2v) is 2.28. The van der Waals surface area contributed by atoms with Crippen LogP contribution in [0.3, 0.4) is 0 Å². The zero-order valence-electron chi connectivity index (χ0n) is 6.01. The predicted molar refractivity (Wildman–Crippen MR) is 45.4 cm³/mol. The van der Waals surface area contributed by atoms with E-state index in [-0.39, 0.29) is 0 Å². The average Bonchev–Trinajstić information content (AvgIpc) is 2.58. The molecule has 0 radical (unpaired) electrons. The largest absolute Gasteiger partial charge is 0.433 e. The minimum absolute atomic E-state index is 0.769. The fraction of sp³-hybridized carbons (Fsp3) is 0.125. The van der Waals surface area contributed by atoms with Gasteiger partial charge in [-0.05, 0) is 6.08 Å². The first kappa shape index (κ1) is 6.22. The van der Waals surface area contributed by atoms with Crippen molar-refractivity contribution < 1.29 is 4.58 Å². The van der Waals surface area contributed by atoms with Gasteiger partial charge < -0.3 is 0 Å². The van der Waals surface area contributed by atoms with E-state index in [0.717, 1.165) is 12.5 Å². The van der Waals surface area contributed by atoms with Crippen LogP contribution >= 0.6 is 0 Å². The Hall–Kier alpha value is -1.51. The molecule has 0 N–H and O–H groups in total. The summed E-state index contributed by atoms with van der Waals surface area (Å²) in [5, 5.41) is 0. The van der Waals surface area contributed by atoms with Crippen LogP contribution in [0.1, 0.15) is 0 Å². The number of nitrogens with zero attached hydrogens (tertiary/aromatic N) is 3. The maximum atomic E-state index is 4.07. The van der Waals surface area contributed by atoms with Crippen LogP contribution in [0.25, 0.3) is 0 Å². The van der Waals surface area contributed by atoms with E-state index < -0.39 is 0 Å². The number of rotatable bonds is 0. The van der Waals surface area contributed by atoms with E-state index in [1.54, 1.807) is 12.4 Å². The van der Waals surface area contributed by atoms with Crippen molar-refractivity contribution in [1.29, 1.82) is 0 Å². The van der Waals surface area contributed by atoms with Crippen molar-refractivity contribution >= 4 is 18.4 Å². The van der Waals surface area contributed by atoms with Gasteiger partial charge in [0.15, 0.2) is 0 Å². The van der Waals surface area contributed by atoms with Gasteiger partial charge in [0.25, 0.3) is 0 Å². The molecule has 2 aliphatic heterocycles. The molecule has 0 fully saturated rings. The van der Waals surface area contributed by atoms with Gasteiger partial charge in [0.05, 0.1) is 12.7 Å². The summed E-state index contributed by atoms with van der Waals surface area (Å²) in [5.41, 5.74) is 0. The Morgan fingerprint density at radius 2 is 2.00 bits per heavy atom. The quantitative estimate of drug-likeness (QED) is 0.447. The number of guanidine groups is 1. The highest BCUT2D eigenvalue weighted by atomic mass is 15.2. The Morgan fingerprint density at radius 1 is 1.18 bits per heavy atom. The Kier molecular flexibility index (Phi) is 1.48. The summed E-state index contributed by atoms with van der Waals surface area (Å²) in [6, 6.07) is 0. The molecule has 0 unspecified atom stereocenters. The van der Waals surface area contributed by atoms with Gasteiger partial charge in [-0.15, -0.1) is 0 Å². The Labute approximate surface area is 64.8 Å². The second-order valence-electron chi connectivity index (χ2n) is 2.28. The lowest BCUT2D eigenvalue weighted by atomic mass is 10.4. The van der Waals surface area contributed by atoms with Crippen molar-refractivity contribution in [3.8, 4) is 0 Å². The molecule has 0 amide bonds. The third-order valence-electron chi connectivity index (χ3n) is 1.52. The van der Waals surface area contributed by atoms with E-state index in [9.17, 15) is 0 Å². The van der Waals surface area contributed by atoms with Gasteiger partial charge in [-0.25, -0.2) is 4.58 Å². The molecule has 0 bridgehead atoms. The van der Waals surface area contributed by atoms with Crippen LogP contribution in [0.4, 0.5) is 0 Å². The van der Waals surface area contributed by atoms with Crippen LogP contribution in [-0.4, -0.2) is 29.5 Å². The Bertz CT molecular complexity index is 291. The van der Waals surface area contributed by atoms with Crippen LogP contribution < -0.4 is 0 Å². The molecule has 0 aromatic rings. The molecule has 0 saturated heterocycles. The van der Waals surface area contributed by atoms with Crippen molar-refractivity contribution in [1.82, 2.24) is 0 Å². The Balaban J connectivity index is 2.33. The number of aliphatic imine (C=N–C) groups is 2. The molecular formula is C8H8N3+. The van der Waals surface area contributed by atoms with Gasteiger partial charge in [-0.3, -0.25) is 0 Å². The highest BCUT2D eigenvalue weighted by molar-refractivity contribution is 6.25. The topological polar surface area (TPSA) is 27.7 Å². The van der Waals surface area contributed by atoms with Crippen molar-refractivity contribution in [2.45, 2.75) is 0 Å². The van der Waals surface area contributed by atoms with Gasteiger partial charge in [-0.1, -0.05) is 22.1 Å². The van der Waals surface area contributed by atoms with E-state index in [1.807, 2.05) is 22.9 Å². The van der Waals surface area contributed by atoms with Gasteiger partial charge in [0.2, 0.25) is 0 Å². The Morgan fingerprint density at radius 3 is 2.64 bits per heavy atom. The lowest BCUT2D eigenvalue weighted by Crippen LogP contribution is -2.13. The summed E-state index contributed by atoms with van der Waals surface area (Å²) < 4.78 is 1.99. The third-order valence-corrected chi connectivity index (χ3v) is 1.52. The molecule has 0 atom stereocenters. The van der Waals surface area contributed by atoms with Crippen LogP contribution in [0.5, 0.6) is 0 Å². The fourth-order valence-corrected chi connectivity index (χ4v) is 0.997. The minimum Gasteiger partial charge on any atom is -0.229 e. The van der Waals surface area contributed by atoms with Crippen molar-refractivity contribution in [3.63, 3.8) is 0 Å². The standard InChI is InChI=1S/C8H8N3/c1-2-6-11(7-3-1)8-9-4-5-10-8/h1-6H,7H2/q+1. The summed E-state index contributed by atoms with van der Waals surface area (Å²) in [6.45, 7) is 0.862. The molecule has 0 aliphatic carbocycles. The third kappa shape index (κ3) is 1.17. The number of hydrogen-bond acceptors (Lipinski definition) is 0. The van der Waals surface area contributed by atoms with E-state index >= 15 is 0 Å². The molecule has 0 aromatic heterocycles. The zero-order valence-corrected chi connectivity index (χ0v) is 6.01. The van der Waals surface area contributed by atoms with Crippen LogP contribution in [0.15, 0.2) is 34.4 Å². The molecule has 2 rings (SSSR count). The van der Waals surface area contributed by atoms with E-state index in [2.05, 4.69) is 16.1 Å². The summed E-state index contributed by atoms with van der Waals surface area (Å²) in [6.07, 6.45) is 11.4. The highest BCUT2D eigenvalue weighted by Gasteiger charge is 2.12. The molecule has 3 nitrogen and oxygen atoms in total. The smallest absolute Gasteiger partial charge is 0.229 e. The molecule has 3 heteroatoms. The average molecular weight is 146 g/mol. The van der Waals surface area contributed by atoms with Crippen LogP contribution in [0, 0.1) is 0 Å². The van der Waals surface area contributed by atoms with Crippen molar-refractivity contribution in [2.75, 3.05) is 6.54 Å². The first-order valence-electron chi connectivity index (χ1n) is 3.50. The van der Waals surface area contributed by atoms with E-state index in [1.165, 1.54) is 0 Å². The normalized spacial score (nSPS) is 20.4. The second kappa shape index (κ2) is 2.62. The molecule has 2 heterocycles. The lowest BCUT2D eigenvalue weighted by Gasteiger charge is -1.99.